The summed E-state index contributed by atoms with van der Waals surface area (Å²) in [6, 6.07) is 7.35. The van der Waals surface area contributed by atoms with Crippen LogP contribution >= 0.6 is 0 Å². The lowest BCUT2D eigenvalue weighted by atomic mass is 10.0. The van der Waals surface area contributed by atoms with Crippen molar-refractivity contribution in [2.45, 2.75) is 39.0 Å². The van der Waals surface area contributed by atoms with E-state index in [1.165, 1.54) is 12.3 Å². The summed E-state index contributed by atoms with van der Waals surface area (Å²) < 4.78 is 8.60. The number of hydrogen-bond acceptors (Lipinski definition) is 6. The third-order valence-corrected chi connectivity index (χ3v) is 4.70. The first-order valence-corrected chi connectivity index (χ1v) is 9.66. The van der Waals surface area contributed by atoms with Gasteiger partial charge in [-0.2, -0.15) is 5.10 Å². The molecule has 1 aromatic carbocycles. The second kappa shape index (κ2) is 9.10. The molecule has 2 heterocycles. The maximum Gasteiger partial charge on any atom is 0.328 e. The number of carbonyl (C=O) groups is 1. The molecule has 30 heavy (non-hydrogen) atoms. The molecule has 1 unspecified atom stereocenters. The number of aliphatic hydroxyl groups is 2. The van der Waals surface area contributed by atoms with Crippen molar-refractivity contribution in [1.29, 1.82) is 0 Å². The number of aliphatic hydroxyl groups excluding tert-OH is 2. The maximum absolute atomic E-state index is 12.5. The average Bonchev–Trinajstić information content (AvgIpc) is 3.10. The van der Waals surface area contributed by atoms with E-state index in [-0.39, 0.29) is 31.2 Å². The molecule has 0 spiro atoms. The van der Waals surface area contributed by atoms with E-state index in [4.69, 9.17) is 9.84 Å². The van der Waals surface area contributed by atoms with Crippen LogP contribution in [0.5, 0.6) is 11.5 Å². The van der Waals surface area contributed by atoms with E-state index >= 15 is 0 Å². The highest BCUT2D eigenvalue weighted by Crippen LogP contribution is 2.30. The van der Waals surface area contributed by atoms with Crippen molar-refractivity contribution < 1.29 is 24.9 Å². The van der Waals surface area contributed by atoms with Crippen molar-refractivity contribution in [2.75, 3.05) is 6.61 Å². The Kier molecular flexibility index (Phi) is 6.53. The van der Waals surface area contributed by atoms with Crippen molar-refractivity contribution >= 4 is 16.9 Å². The van der Waals surface area contributed by atoms with Crippen LogP contribution in [-0.4, -0.2) is 48.3 Å². The predicted octanol–water partition coefficient (Wildman–Crippen LogP) is 2.02. The molecule has 3 N–H and O–H groups in total. The minimum Gasteiger partial charge on any atom is -0.480 e. The predicted molar refractivity (Wildman–Crippen MR) is 110 cm³/mol. The van der Waals surface area contributed by atoms with Crippen molar-refractivity contribution in [3.8, 4) is 11.5 Å². The highest BCUT2D eigenvalue weighted by atomic mass is 16.5. The number of fused-ring (bicyclic) bond motifs is 1. The van der Waals surface area contributed by atoms with Crippen LogP contribution < -0.4 is 10.3 Å². The number of ether oxygens (including phenoxy) is 1. The fourth-order valence-corrected chi connectivity index (χ4v) is 3.30. The van der Waals surface area contributed by atoms with E-state index in [0.29, 0.717) is 5.75 Å². The van der Waals surface area contributed by atoms with Gasteiger partial charge in [-0.15, -0.1) is 0 Å². The Morgan fingerprint density at radius 1 is 1.27 bits per heavy atom. The zero-order valence-electron chi connectivity index (χ0n) is 16.8. The van der Waals surface area contributed by atoms with E-state index in [1.54, 1.807) is 22.9 Å². The molecule has 0 saturated carbocycles. The monoisotopic (exact) mass is 415 g/mol. The number of carboxylic acids is 1. The minimum atomic E-state index is -1.11. The first-order valence-electron chi connectivity index (χ1n) is 9.66. The molecule has 3 rings (SSSR count). The summed E-state index contributed by atoms with van der Waals surface area (Å²) in [6.45, 7) is 3.65. The standard InChI is InChI=1S/C21H25N3O6/c1-13(2)8-18(21(28)29)24-20(27)9-15(10-22-24)30-19-5-3-4-17-16(19)6-7-23(17)11-14(26)12-25/h3-7,9-10,13-14,18,25-26H,8,11-12H2,1-2H3,(H,28,29)/t14-,18?/m1/s1. The number of carboxylic acid groups (broad SMARTS) is 1. The Labute approximate surface area is 172 Å². The number of benzene rings is 1. The lowest BCUT2D eigenvalue weighted by Crippen LogP contribution is -2.32. The van der Waals surface area contributed by atoms with Gasteiger partial charge in [-0.05, 0) is 30.5 Å². The van der Waals surface area contributed by atoms with Gasteiger partial charge in [-0.3, -0.25) is 4.79 Å². The Morgan fingerprint density at radius 3 is 2.67 bits per heavy atom. The van der Waals surface area contributed by atoms with E-state index in [9.17, 15) is 19.8 Å². The molecule has 0 aliphatic carbocycles. The van der Waals surface area contributed by atoms with Gasteiger partial charge in [0.25, 0.3) is 5.56 Å². The van der Waals surface area contributed by atoms with Crippen LogP contribution in [0.3, 0.4) is 0 Å². The van der Waals surface area contributed by atoms with Gasteiger partial charge in [-0.25, -0.2) is 9.48 Å². The average molecular weight is 415 g/mol. The van der Waals surface area contributed by atoms with Crippen LogP contribution in [-0.2, 0) is 11.3 Å². The van der Waals surface area contributed by atoms with Crippen LogP contribution in [0.4, 0.5) is 0 Å². The van der Waals surface area contributed by atoms with Gasteiger partial charge >= 0.3 is 5.97 Å². The Hall–Kier alpha value is -3.17. The summed E-state index contributed by atoms with van der Waals surface area (Å²) in [5.74, 6) is -0.342. The summed E-state index contributed by atoms with van der Waals surface area (Å²) in [7, 11) is 0. The number of hydrogen-bond donors (Lipinski definition) is 3. The Balaban J connectivity index is 1.88. The summed E-state index contributed by atoms with van der Waals surface area (Å²) in [4.78, 5) is 24.0. The smallest absolute Gasteiger partial charge is 0.328 e. The van der Waals surface area contributed by atoms with Crippen molar-refractivity contribution in [3.63, 3.8) is 0 Å². The van der Waals surface area contributed by atoms with Gasteiger partial charge in [0.05, 0.1) is 31.0 Å². The topological polar surface area (TPSA) is 127 Å². The van der Waals surface area contributed by atoms with Crippen LogP contribution in [0, 0.1) is 5.92 Å². The molecule has 3 aromatic rings. The molecular formula is C21H25N3O6. The van der Waals surface area contributed by atoms with Gasteiger partial charge in [0.15, 0.2) is 11.8 Å². The molecule has 9 heteroatoms. The van der Waals surface area contributed by atoms with Crippen LogP contribution in [0.2, 0.25) is 0 Å². The molecule has 0 aliphatic heterocycles. The van der Waals surface area contributed by atoms with E-state index < -0.39 is 23.7 Å². The first-order chi connectivity index (χ1) is 14.3. The van der Waals surface area contributed by atoms with Gasteiger partial charge < -0.3 is 24.6 Å². The van der Waals surface area contributed by atoms with Crippen molar-refractivity contribution in [1.82, 2.24) is 14.3 Å². The SMILES string of the molecule is CC(C)CC(C(=O)O)n1ncc(Oc2cccc3c2ccn3C[C@@H](O)CO)cc1=O. The fourth-order valence-electron chi connectivity index (χ4n) is 3.30. The van der Waals surface area contributed by atoms with Crippen LogP contribution in [0.25, 0.3) is 10.9 Å². The molecule has 0 radical (unpaired) electrons. The second-order valence-electron chi connectivity index (χ2n) is 7.55. The van der Waals surface area contributed by atoms with Gasteiger partial charge in [0, 0.05) is 17.6 Å². The molecule has 9 nitrogen and oxygen atoms in total. The lowest BCUT2D eigenvalue weighted by Gasteiger charge is -2.16. The second-order valence-corrected chi connectivity index (χ2v) is 7.55. The van der Waals surface area contributed by atoms with Crippen LogP contribution in [0.15, 0.2) is 47.5 Å². The zero-order chi connectivity index (χ0) is 21.8. The van der Waals surface area contributed by atoms with Crippen molar-refractivity contribution in [2.24, 2.45) is 5.92 Å². The molecule has 160 valence electrons. The number of rotatable bonds is 9. The summed E-state index contributed by atoms with van der Waals surface area (Å²) >= 11 is 0. The Morgan fingerprint density at radius 2 is 2.03 bits per heavy atom. The largest absolute Gasteiger partial charge is 0.480 e. The van der Waals surface area contributed by atoms with Gasteiger partial charge in [0.1, 0.15) is 5.75 Å². The normalized spacial score (nSPS) is 13.5. The minimum absolute atomic E-state index is 0.0849. The highest BCUT2D eigenvalue weighted by molar-refractivity contribution is 5.86. The number of aliphatic carboxylic acids is 1. The summed E-state index contributed by atoms with van der Waals surface area (Å²) in [5, 5.41) is 33.0. The first kappa shape index (κ1) is 21.5. The van der Waals surface area contributed by atoms with Crippen molar-refractivity contribution in [3.05, 3.63) is 53.1 Å². The highest BCUT2D eigenvalue weighted by Gasteiger charge is 2.23. The Bertz CT molecular complexity index is 1090. The molecule has 2 aromatic heterocycles. The lowest BCUT2D eigenvalue weighted by molar-refractivity contribution is -0.141. The zero-order valence-corrected chi connectivity index (χ0v) is 16.8. The number of aromatic nitrogens is 3. The molecular weight excluding hydrogens is 390 g/mol. The van der Waals surface area contributed by atoms with E-state index in [1.807, 2.05) is 26.0 Å². The molecule has 0 fully saturated rings. The van der Waals surface area contributed by atoms with Gasteiger partial charge in [0.2, 0.25) is 0 Å². The molecule has 2 atom stereocenters. The quantitative estimate of drug-likeness (QED) is 0.488. The van der Waals surface area contributed by atoms with E-state index in [2.05, 4.69) is 5.10 Å². The summed E-state index contributed by atoms with van der Waals surface area (Å²) in [5.41, 5.74) is 0.237. The third-order valence-electron chi connectivity index (χ3n) is 4.70. The fraction of sp³-hybridized carbons (Fsp3) is 0.381. The molecule has 0 aliphatic rings. The number of nitrogens with zero attached hydrogens (tertiary/aromatic N) is 3. The maximum atomic E-state index is 12.5. The third kappa shape index (κ3) is 4.69. The van der Waals surface area contributed by atoms with Gasteiger partial charge in [-0.1, -0.05) is 19.9 Å². The molecule has 0 bridgehead atoms. The molecule has 0 amide bonds. The molecule has 0 saturated heterocycles. The summed E-state index contributed by atoms with van der Waals surface area (Å²) in [6.07, 6.45) is 2.50. The van der Waals surface area contributed by atoms with Crippen LogP contribution in [0.1, 0.15) is 26.3 Å². The van der Waals surface area contributed by atoms with E-state index in [0.717, 1.165) is 15.6 Å².